The lowest BCUT2D eigenvalue weighted by atomic mass is 9.97. The second-order valence-corrected chi connectivity index (χ2v) is 8.62. The minimum Gasteiger partial charge on any atom is -0.508 e. The lowest BCUT2D eigenvalue weighted by Gasteiger charge is -2.24. The third kappa shape index (κ3) is 9.32. The van der Waals surface area contributed by atoms with Crippen LogP contribution < -0.4 is 16.0 Å². The number of benzene rings is 2. The number of aliphatic imine (C=N–C) groups is 1. The summed E-state index contributed by atoms with van der Waals surface area (Å²) in [6, 6.07) is 6.84. The van der Waals surface area contributed by atoms with Gasteiger partial charge in [0.15, 0.2) is 5.96 Å². The van der Waals surface area contributed by atoms with Gasteiger partial charge in [0, 0.05) is 36.4 Å². The summed E-state index contributed by atoms with van der Waals surface area (Å²) in [6.45, 7) is 6.48. The number of ether oxygens (including phenoxy) is 1. The maximum absolute atomic E-state index is 14.6. The van der Waals surface area contributed by atoms with E-state index < -0.39 is 29.5 Å². The summed E-state index contributed by atoms with van der Waals surface area (Å²) < 4.78 is 58.3. The van der Waals surface area contributed by atoms with E-state index in [9.17, 15) is 27.5 Å². The molecule has 3 atom stereocenters. The van der Waals surface area contributed by atoms with Crippen molar-refractivity contribution in [3.05, 3.63) is 65.0 Å². The number of phenols is 1. The van der Waals surface area contributed by atoms with Gasteiger partial charge in [-0.15, -0.1) is 0 Å². The number of hydrogen-bond acceptors (Lipinski definition) is 5. The zero-order valence-electron chi connectivity index (χ0n) is 21.3. The van der Waals surface area contributed by atoms with E-state index in [1.807, 2.05) is 20.8 Å². The van der Waals surface area contributed by atoms with Crippen molar-refractivity contribution in [2.45, 2.75) is 57.9 Å². The molecule has 0 aliphatic heterocycles. The van der Waals surface area contributed by atoms with Gasteiger partial charge in [-0.05, 0) is 56.6 Å². The van der Waals surface area contributed by atoms with E-state index in [1.54, 1.807) is 0 Å². The molecule has 11 heteroatoms. The Morgan fingerprint density at radius 2 is 1.81 bits per heavy atom. The monoisotopic (exact) mass is 526 g/mol. The lowest BCUT2D eigenvalue weighted by molar-refractivity contribution is -0.137. The van der Waals surface area contributed by atoms with E-state index in [2.05, 4.69) is 20.9 Å². The van der Waals surface area contributed by atoms with Gasteiger partial charge in [0.05, 0.1) is 18.2 Å². The van der Waals surface area contributed by atoms with Crippen LogP contribution in [0.1, 0.15) is 61.1 Å². The average Bonchev–Trinajstić information content (AvgIpc) is 2.83. The molecule has 0 aliphatic carbocycles. The van der Waals surface area contributed by atoms with Gasteiger partial charge in [-0.2, -0.15) is 13.2 Å². The predicted octanol–water partition coefficient (Wildman–Crippen LogP) is 4.78. The van der Waals surface area contributed by atoms with Crippen molar-refractivity contribution in [3.63, 3.8) is 0 Å². The van der Waals surface area contributed by atoms with E-state index in [0.717, 1.165) is 30.3 Å². The second kappa shape index (κ2) is 13.9. The fraction of sp³-hybridized carbons (Fsp3) is 0.462. The van der Waals surface area contributed by atoms with Gasteiger partial charge in [-0.3, -0.25) is 10.1 Å². The molecule has 1 amide bonds. The summed E-state index contributed by atoms with van der Waals surface area (Å²) in [4.78, 5) is 17.5. The molecule has 0 fully saturated rings. The van der Waals surface area contributed by atoms with Crippen LogP contribution in [0.5, 0.6) is 5.75 Å². The zero-order chi connectivity index (χ0) is 27.6. The first kappa shape index (κ1) is 30.0. The second-order valence-electron chi connectivity index (χ2n) is 8.62. The maximum Gasteiger partial charge on any atom is 0.416 e. The fourth-order valence-corrected chi connectivity index (χ4v) is 3.75. The van der Waals surface area contributed by atoms with E-state index in [0.29, 0.717) is 31.6 Å². The predicted molar refractivity (Wildman–Crippen MR) is 134 cm³/mol. The molecule has 4 N–H and O–H groups in total. The van der Waals surface area contributed by atoms with Crippen molar-refractivity contribution >= 4 is 11.9 Å². The zero-order valence-corrected chi connectivity index (χ0v) is 21.3. The Morgan fingerprint density at radius 1 is 1.14 bits per heavy atom. The largest absolute Gasteiger partial charge is 0.508 e. The number of halogens is 4. The summed E-state index contributed by atoms with van der Waals surface area (Å²) in [5.74, 6) is -1.23. The van der Waals surface area contributed by atoms with Gasteiger partial charge in [0.2, 0.25) is 0 Å². The highest BCUT2D eigenvalue weighted by Crippen LogP contribution is 2.29. The SMILES string of the molecule is CCNC(CC(CC)N=C(NC(=O)c1ccc(C(F)(F)F)cc1)NC(C)COC)c1ccc(O)cc1F. The molecule has 2 rings (SSSR count). The van der Waals surface area contributed by atoms with Crippen LogP contribution in [0.3, 0.4) is 0 Å². The number of rotatable bonds is 11. The van der Waals surface area contributed by atoms with Gasteiger partial charge in [-0.25, -0.2) is 9.38 Å². The Kier molecular flexibility index (Phi) is 11.3. The molecule has 7 nitrogen and oxygen atoms in total. The topological polar surface area (TPSA) is 95.0 Å². The first-order valence-electron chi connectivity index (χ1n) is 12.0. The van der Waals surface area contributed by atoms with Crippen LogP contribution in [-0.4, -0.2) is 49.3 Å². The molecule has 0 spiro atoms. The lowest BCUT2D eigenvalue weighted by Crippen LogP contribution is -2.47. The molecule has 37 heavy (non-hydrogen) atoms. The molecule has 0 radical (unpaired) electrons. The van der Waals surface area contributed by atoms with Crippen LogP contribution in [0.15, 0.2) is 47.5 Å². The van der Waals surface area contributed by atoms with Crippen molar-refractivity contribution in [2.24, 2.45) is 4.99 Å². The summed E-state index contributed by atoms with van der Waals surface area (Å²) in [7, 11) is 1.53. The number of nitrogens with zero attached hydrogens (tertiary/aromatic N) is 1. The van der Waals surface area contributed by atoms with Crippen LogP contribution in [0.2, 0.25) is 0 Å². The Bertz CT molecular complexity index is 1050. The number of aromatic hydroxyl groups is 1. The molecule has 0 aliphatic rings. The summed E-state index contributed by atoms with van der Waals surface area (Å²) in [5.41, 5.74) is -0.442. The first-order chi connectivity index (χ1) is 17.5. The highest BCUT2D eigenvalue weighted by molar-refractivity contribution is 6.05. The van der Waals surface area contributed by atoms with Gasteiger partial charge in [0.1, 0.15) is 11.6 Å². The summed E-state index contributed by atoms with van der Waals surface area (Å²) >= 11 is 0. The summed E-state index contributed by atoms with van der Waals surface area (Å²) in [6.07, 6.45) is -3.57. The third-order valence-electron chi connectivity index (χ3n) is 5.61. The van der Waals surface area contributed by atoms with Gasteiger partial charge in [-0.1, -0.05) is 19.9 Å². The molecule has 0 saturated heterocycles. The third-order valence-corrected chi connectivity index (χ3v) is 5.61. The van der Waals surface area contributed by atoms with Gasteiger partial charge >= 0.3 is 6.18 Å². The number of amides is 1. The Hall–Kier alpha value is -3.18. The number of methoxy groups -OCH3 is 1. The normalized spacial score (nSPS) is 14.6. The Labute approximate surface area is 214 Å². The van der Waals surface area contributed by atoms with Crippen molar-refractivity contribution in [1.29, 1.82) is 0 Å². The van der Waals surface area contributed by atoms with Crippen LogP contribution in [0, 0.1) is 5.82 Å². The van der Waals surface area contributed by atoms with Crippen molar-refractivity contribution < 1.29 is 32.2 Å². The number of nitrogens with one attached hydrogen (secondary N) is 3. The minimum absolute atomic E-state index is 0.0339. The molecule has 204 valence electrons. The number of carbonyl (C=O) groups is 1. The number of alkyl halides is 3. The maximum atomic E-state index is 14.6. The standard InChI is InChI=1S/C26H34F4N4O3/c1-5-19(13-23(31-6-2)21-12-11-20(35)14-22(21)27)33-25(32-16(3)15-37-4)34-24(36)17-7-9-18(10-8-17)26(28,29)30/h7-12,14,16,19,23,31,35H,5-6,13,15H2,1-4H3,(H2,32,33,34,36). The minimum atomic E-state index is -4.51. The Balaban J connectivity index is 2.30. The number of carbonyl (C=O) groups excluding carboxylic acids is 1. The number of phenolic OH excluding ortho intramolecular Hbond substituents is 1. The van der Waals surface area contributed by atoms with Crippen molar-refractivity contribution in [3.8, 4) is 5.75 Å². The molecule has 2 aromatic carbocycles. The van der Waals surface area contributed by atoms with Gasteiger partial charge in [0.25, 0.3) is 5.91 Å². The van der Waals surface area contributed by atoms with E-state index in [1.165, 1.54) is 19.2 Å². The van der Waals surface area contributed by atoms with E-state index in [4.69, 9.17) is 4.74 Å². The van der Waals surface area contributed by atoms with Crippen LogP contribution in [-0.2, 0) is 10.9 Å². The van der Waals surface area contributed by atoms with Crippen molar-refractivity contribution in [1.82, 2.24) is 16.0 Å². The highest BCUT2D eigenvalue weighted by atomic mass is 19.4. The molecule has 0 bridgehead atoms. The van der Waals surface area contributed by atoms with E-state index >= 15 is 0 Å². The molecular weight excluding hydrogens is 492 g/mol. The van der Waals surface area contributed by atoms with Crippen molar-refractivity contribution in [2.75, 3.05) is 20.3 Å². The molecular formula is C26H34F4N4O3. The first-order valence-corrected chi connectivity index (χ1v) is 12.0. The van der Waals surface area contributed by atoms with Crippen LogP contribution in [0.25, 0.3) is 0 Å². The van der Waals surface area contributed by atoms with Gasteiger partial charge < -0.3 is 20.5 Å². The molecule has 2 aromatic rings. The molecule has 3 unspecified atom stereocenters. The smallest absolute Gasteiger partial charge is 0.416 e. The Morgan fingerprint density at radius 3 is 2.35 bits per heavy atom. The number of hydrogen-bond donors (Lipinski definition) is 4. The molecule has 0 heterocycles. The molecule has 0 aromatic heterocycles. The highest BCUT2D eigenvalue weighted by Gasteiger charge is 2.30. The average molecular weight is 527 g/mol. The molecule has 0 saturated carbocycles. The summed E-state index contributed by atoms with van der Waals surface area (Å²) in [5, 5.41) is 18.5. The van der Waals surface area contributed by atoms with E-state index in [-0.39, 0.29) is 29.4 Å². The fourth-order valence-electron chi connectivity index (χ4n) is 3.75. The number of guanidine groups is 1. The van der Waals surface area contributed by atoms with Crippen LogP contribution >= 0.6 is 0 Å². The van der Waals surface area contributed by atoms with Crippen LogP contribution in [0.4, 0.5) is 17.6 Å². The quantitative estimate of drug-likeness (QED) is 0.192.